The third-order valence-corrected chi connectivity index (χ3v) is 8.24. The molecule has 0 bridgehead atoms. The van der Waals surface area contributed by atoms with Gasteiger partial charge in [0.25, 0.3) is 5.69 Å². The van der Waals surface area contributed by atoms with Gasteiger partial charge in [-0.15, -0.1) is 0 Å². The number of nitro groups is 1. The lowest BCUT2D eigenvalue weighted by atomic mass is 10.00. The van der Waals surface area contributed by atoms with Gasteiger partial charge in [-0.3, -0.25) is 34.1 Å². The molecular formula is C33H46N10O8. The van der Waals surface area contributed by atoms with Crippen molar-refractivity contribution in [1.82, 2.24) is 26.3 Å². The molecule has 0 fully saturated rings. The number of nitrogens with two attached hydrogens (primary N) is 3. The van der Waals surface area contributed by atoms with Crippen molar-refractivity contribution >= 4 is 62.8 Å². The van der Waals surface area contributed by atoms with Gasteiger partial charge in [0.2, 0.25) is 23.6 Å². The largest absolute Gasteiger partial charge is 0.468 e. The average Bonchev–Trinajstić information content (AvgIpc) is 3.11. The number of anilines is 1. The highest BCUT2D eigenvalue weighted by molar-refractivity contribution is 6.11. The molecule has 18 heteroatoms. The molecule has 1 unspecified atom stereocenters. The fourth-order valence-corrected chi connectivity index (χ4v) is 5.25. The number of rotatable bonds is 20. The standard InChI is InChI=1S/C33H46N10O8/c1-18(29(36)44)27(42-30(45)19(2)40-31(46)21(34)9-6-10-22(35)33(48)51-3)32(47)39-17-15-37-14-16-38-28-20-8-4-5-11-23(20)41-24-12-7-13-25(26(24)28)43(49)50/h4-5,7-8,11-13,18-19,21-22,27,37H,6,9-10,14-17,34-35H2,1-3H3,(H2,36,44)(H,38,41)(H,39,47)(H,40,46)(H,42,45)/t18?,19-,21-,22+,27+/m0/s1. The summed E-state index contributed by atoms with van der Waals surface area (Å²) in [5, 5.41) is 27.0. The van der Waals surface area contributed by atoms with Gasteiger partial charge in [-0.05, 0) is 38.3 Å². The van der Waals surface area contributed by atoms with Gasteiger partial charge in [-0.2, -0.15) is 0 Å². The molecule has 0 aliphatic rings. The maximum absolute atomic E-state index is 13.0. The smallest absolute Gasteiger partial charge is 0.322 e. The zero-order chi connectivity index (χ0) is 37.7. The molecule has 276 valence electrons. The van der Waals surface area contributed by atoms with Crippen LogP contribution in [0.1, 0.15) is 33.1 Å². The number of nitrogens with zero attached hydrogens (tertiary/aromatic N) is 2. The molecule has 0 spiro atoms. The maximum atomic E-state index is 13.0. The molecule has 0 saturated carbocycles. The first-order valence-corrected chi connectivity index (χ1v) is 16.4. The highest BCUT2D eigenvalue weighted by Gasteiger charge is 2.32. The van der Waals surface area contributed by atoms with Crippen LogP contribution in [-0.4, -0.2) is 97.0 Å². The molecule has 0 saturated heterocycles. The van der Waals surface area contributed by atoms with E-state index in [9.17, 15) is 34.1 Å². The van der Waals surface area contributed by atoms with Crippen LogP contribution in [0.25, 0.3) is 21.8 Å². The van der Waals surface area contributed by atoms with Crippen molar-refractivity contribution in [2.24, 2.45) is 23.1 Å². The Kier molecular flexibility index (Phi) is 14.9. The molecule has 11 N–H and O–H groups in total. The van der Waals surface area contributed by atoms with E-state index in [1.54, 1.807) is 12.1 Å². The highest BCUT2D eigenvalue weighted by atomic mass is 16.6. The van der Waals surface area contributed by atoms with E-state index in [1.807, 2.05) is 24.3 Å². The molecule has 18 nitrogen and oxygen atoms in total. The lowest BCUT2D eigenvalue weighted by Gasteiger charge is -2.25. The normalized spacial score (nSPS) is 14.1. The maximum Gasteiger partial charge on any atom is 0.322 e. The van der Waals surface area contributed by atoms with Gasteiger partial charge in [0.1, 0.15) is 23.5 Å². The van der Waals surface area contributed by atoms with Crippen LogP contribution in [0.4, 0.5) is 11.4 Å². The molecule has 0 radical (unpaired) electrons. The molecule has 1 heterocycles. The quantitative estimate of drug-likeness (QED) is 0.0242. The summed E-state index contributed by atoms with van der Waals surface area (Å²) in [6, 6.07) is 7.81. The number of fused-ring (bicyclic) bond motifs is 2. The Labute approximate surface area is 294 Å². The van der Waals surface area contributed by atoms with Crippen LogP contribution in [0.3, 0.4) is 0 Å². The van der Waals surface area contributed by atoms with Crippen LogP contribution in [0.5, 0.6) is 0 Å². The number of nitro benzene ring substituents is 1. The van der Waals surface area contributed by atoms with E-state index >= 15 is 0 Å². The number of carbonyl (C=O) groups excluding carboxylic acids is 5. The number of amides is 4. The minimum atomic E-state index is -1.33. The zero-order valence-electron chi connectivity index (χ0n) is 28.8. The second kappa shape index (κ2) is 19.1. The van der Waals surface area contributed by atoms with Crippen LogP contribution in [-0.2, 0) is 28.7 Å². The Balaban J connectivity index is 1.50. The predicted molar refractivity (Wildman–Crippen MR) is 190 cm³/mol. The van der Waals surface area contributed by atoms with Crippen molar-refractivity contribution < 1.29 is 33.6 Å². The number of ether oxygens (including phenoxy) is 1. The Morgan fingerprint density at radius 3 is 2.22 bits per heavy atom. The molecular weight excluding hydrogens is 664 g/mol. The SMILES string of the molecule is COC(=O)[C@H](N)CCC[C@H](N)C(=O)N[C@@H](C)C(=O)N[C@@H](C(=O)NCCNCCNc1c2ccccc2nc2cccc([N+](=O)[O-])c12)C(C)C(N)=O. The van der Waals surface area contributed by atoms with Crippen molar-refractivity contribution in [3.8, 4) is 0 Å². The number of esters is 1. The fourth-order valence-electron chi connectivity index (χ4n) is 5.25. The van der Waals surface area contributed by atoms with Gasteiger partial charge in [0.05, 0.1) is 40.7 Å². The second-order valence-electron chi connectivity index (χ2n) is 12.0. The Morgan fingerprint density at radius 2 is 1.53 bits per heavy atom. The number of pyridine rings is 1. The number of hydrogen-bond acceptors (Lipinski definition) is 13. The van der Waals surface area contributed by atoms with E-state index < -0.39 is 64.6 Å². The van der Waals surface area contributed by atoms with Crippen molar-refractivity contribution in [2.45, 2.75) is 57.3 Å². The summed E-state index contributed by atoms with van der Waals surface area (Å²) in [4.78, 5) is 77.8. The summed E-state index contributed by atoms with van der Waals surface area (Å²) in [6.45, 7) is 4.03. The first-order chi connectivity index (χ1) is 24.3. The summed E-state index contributed by atoms with van der Waals surface area (Å²) >= 11 is 0. The minimum Gasteiger partial charge on any atom is -0.468 e. The van der Waals surface area contributed by atoms with E-state index in [0.717, 1.165) is 5.39 Å². The molecule has 0 aliphatic carbocycles. The van der Waals surface area contributed by atoms with Crippen LogP contribution >= 0.6 is 0 Å². The molecule has 3 rings (SSSR count). The van der Waals surface area contributed by atoms with Crippen LogP contribution in [0.2, 0.25) is 0 Å². The third-order valence-electron chi connectivity index (χ3n) is 8.24. The van der Waals surface area contributed by atoms with E-state index in [4.69, 9.17) is 17.2 Å². The zero-order valence-corrected chi connectivity index (χ0v) is 28.8. The van der Waals surface area contributed by atoms with E-state index in [1.165, 1.54) is 27.0 Å². The second-order valence-corrected chi connectivity index (χ2v) is 12.0. The highest BCUT2D eigenvalue weighted by Crippen LogP contribution is 2.36. The van der Waals surface area contributed by atoms with Crippen LogP contribution < -0.4 is 43.8 Å². The van der Waals surface area contributed by atoms with Crippen molar-refractivity contribution in [3.63, 3.8) is 0 Å². The van der Waals surface area contributed by atoms with Crippen molar-refractivity contribution in [1.29, 1.82) is 0 Å². The number of methoxy groups -OCH3 is 1. The van der Waals surface area contributed by atoms with Crippen molar-refractivity contribution in [2.75, 3.05) is 38.6 Å². The Hall–Kier alpha value is -5.46. The molecule has 2 aromatic carbocycles. The predicted octanol–water partition coefficient (Wildman–Crippen LogP) is -0.477. The van der Waals surface area contributed by atoms with Gasteiger partial charge in [0.15, 0.2) is 0 Å². The number of benzene rings is 2. The van der Waals surface area contributed by atoms with Gasteiger partial charge < -0.3 is 48.5 Å². The van der Waals surface area contributed by atoms with E-state index in [2.05, 4.69) is 36.3 Å². The summed E-state index contributed by atoms with van der Waals surface area (Å²) < 4.78 is 4.56. The topological polar surface area (TPSA) is 289 Å². The number of carbonyl (C=O) groups is 5. The Bertz CT molecular complexity index is 1740. The van der Waals surface area contributed by atoms with Crippen LogP contribution in [0, 0.1) is 16.0 Å². The number of para-hydroxylation sites is 1. The summed E-state index contributed by atoms with van der Waals surface area (Å²) in [6.07, 6.45) is 0.808. The number of nitrogens with one attached hydrogen (secondary N) is 5. The number of non-ortho nitro benzene ring substituents is 1. The van der Waals surface area contributed by atoms with Gasteiger partial charge in [-0.1, -0.05) is 31.2 Å². The number of aromatic nitrogens is 1. The lowest BCUT2D eigenvalue weighted by molar-refractivity contribution is -0.383. The first-order valence-electron chi connectivity index (χ1n) is 16.4. The number of hydrogen-bond donors (Lipinski definition) is 8. The summed E-state index contributed by atoms with van der Waals surface area (Å²) in [7, 11) is 1.22. The summed E-state index contributed by atoms with van der Waals surface area (Å²) in [5.41, 5.74) is 18.7. The average molecular weight is 711 g/mol. The third kappa shape index (κ3) is 11.0. The molecule has 3 aromatic rings. The van der Waals surface area contributed by atoms with E-state index in [0.29, 0.717) is 48.2 Å². The van der Waals surface area contributed by atoms with Crippen molar-refractivity contribution in [3.05, 3.63) is 52.6 Å². The van der Waals surface area contributed by atoms with E-state index in [-0.39, 0.29) is 25.1 Å². The fraction of sp³-hybridized carbons (Fsp3) is 0.455. The minimum absolute atomic E-state index is 0.0641. The number of primary amides is 1. The summed E-state index contributed by atoms with van der Waals surface area (Å²) in [5.74, 6) is -4.50. The lowest BCUT2D eigenvalue weighted by Crippen LogP contribution is -2.58. The molecule has 1 aromatic heterocycles. The first kappa shape index (κ1) is 40.0. The van der Waals surface area contributed by atoms with Gasteiger partial charge >= 0.3 is 5.97 Å². The monoisotopic (exact) mass is 710 g/mol. The molecule has 4 amide bonds. The van der Waals surface area contributed by atoms with Gasteiger partial charge in [0, 0.05) is 37.6 Å². The molecule has 0 aliphatic heterocycles. The molecule has 5 atom stereocenters. The van der Waals surface area contributed by atoms with Crippen LogP contribution in [0.15, 0.2) is 42.5 Å². The van der Waals surface area contributed by atoms with Gasteiger partial charge in [-0.25, -0.2) is 4.98 Å². The molecule has 51 heavy (non-hydrogen) atoms. The Morgan fingerprint density at radius 1 is 0.863 bits per heavy atom.